The number of carbonyl (C=O) groups is 2. The summed E-state index contributed by atoms with van der Waals surface area (Å²) in [4.78, 5) is 22.2. The van der Waals surface area contributed by atoms with Crippen LogP contribution in [0.1, 0.15) is 68.2 Å². The van der Waals surface area contributed by atoms with Gasteiger partial charge >= 0.3 is 41.5 Å². The van der Waals surface area contributed by atoms with E-state index in [0.717, 1.165) is 13.2 Å². The van der Waals surface area contributed by atoms with Gasteiger partial charge in [0.25, 0.3) is 0 Å². The first kappa shape index (κ1) is 47.9. The van der Waals surface area contributed by atoms with Gasteiger partial charge in [0.1, 0.15) is 28.4 Å². The van der Waals surface area contributed by atoms with Crippen LogP contribution < -0.4 is 38.0 Å². The van der Waals surface area contributed by atoms with Crippen LogP contribution in [-0.2, 0) is 34.8 Å². The number of carbonyl (C=O) groups excluding carboxylic acids is 1. The number of sulfonamides is 3. The quantitative estimate of drug-likeness (QED) is 0.170. The molecule has 0 saturated carbocycles. The SMILES string of the molecule is C.CCCS(=O)(=O)N(c1ccc(F)c(C(=O)OC)c1F)S(=O)(=O)CCC.CCCS(=O)(=O)Nc1ccc(F)c(C(=O)O)c1F.[Na+].[OH-]. The van der Waals surface area contributed by atoms with Gasteiger partial charge in [-0.3, -0.25) is 4.72 Å². The number of anilines is 2. The van der Waals surface area contributed by atoms with Crippen LogP contribution in [-0.4, -0.2) is 72.1 Å². The van der Waals surface area contributed by atoms with E-state index in [0.29, 0.717) is 24.6 Å². The van der Waals surface area contributed by atoms with Crippen molar-refractivity contribution in [2.24, 2.45) is 0 Å². The Morgan fingerprint density at radius 2 is 1.22 bits per heavy atom. The first-order valence-corrected chi connectivity index (χ1v) is 17.2. The fourth-order valence-electron chi connectivity index (χ4n) is 3.44. The molecule has 0 amide bonds. The number of nitrogens with one attached hydrogen (secondary N) is 1. The number of carboxylic acid groups (broad SMARTS) is 1. The molecule has 13 nitrogen and oxygen atoms in total. The number of methoxy groups -OCH3 is 1. The van der Waals surface area contributed by atoms with Crippen LogP contribution in [0, 0.1) is 23.3 Å². The van der Waals surface area contributed by atoms with Crippen molar-refractivity contribution in [1.82, 2.24) is 0 Å². The molecular weight excluding hydrogens is 699 g/mol. The fourth-order valence-corrected chi connectivity index (χ4v) is 8.65. The Morgan fingerprint density at radius 3 is 1.63 bits per heavy atom. The molecule has 0 aromatic heterocycles. The Kier molecular flexibility index (Phi) is 20.8. The van der Waals surface area contributed by atoms with E-state index in [2.05, 4.69) is 4.74 Å². The predicted molar refractivity (Wildman–Crippen MR) is 158 cm³/mol. The zero-order valence-electron chi connectivity index (χ0n) is 24.8. The van der Waals surface area contributed by atoms with Gasteiger partial charge in [-0.25, -0.2) is 52.4 Å². The molecule has 21 heteroatoms. The monoisotopic (exact) mass is 734 g/mol. The van der Waals surface area contributed by atoms with E-state index < -0.39 is 99.3 Å². The van der Waals surface area contributed by atoms with Gasteiger partial charge in [-0.2, -0.15) is 3.71 Å². The second-order valence-corrected chi connectivity index (χ2v) is 14.5. The van der Waals surface area contributed by atoms with Gasteiger partial charge in [-0.05, 0) is 43.5 Å². The zero-order chi connectivity index (χ0) is 33.3. The number of carboxylic acids is 1. The third-order valence-electron chi connectivity index (χ3n) is 5.13. The fraction of sp³-hybridized carbons (Fsp3) is 0.440. The van der Waals surface area contributed by atoms with Crippen molar-refractivity contribution >= 4 is 53.4 Å². The van der Waals surface area contributed by atoms with E-state index in [1.54, 1.807) is 6.92 Å². The molecule has 0 spiro atoms. The third kappa shape index (κ3) is 12.3. The van der Waals surface area contributed by atoms with Crippen LogP contribution in [0.3, 0.4) is 0 Å². The summed E-state index contributed by atoms with van der Waals surface area (Å²) >= 11 is 0. The summed E-state index contributed by atoms with van der Waals surface area (Å²) in [6, 6.07) is 2.80. The number of aromatic carboxylic acids is 1. The number of rotatable bonds is 13. The van der Waals surface area contributed by atoms with Crippen molar-refractivity contribution in [1.29, 1.82) is 0 Å². The Hall–Kier alpha value is -2.49. The van der Waals surface area contributed by atoms with E-state index in [-0.39, 0.29) is 64.8 Å². The molecular formula is C25H35F4N2NaO11S3. The van der Waals surface area contributed by atoms with Crippen molar-refractivity contribution in [2.75, 3.05) is 32.8 Å². The second-order valence-electron chi connectivity index (χ2n) is 8.59. The maximum absolute atomic E-state index is 14.7. The molecule has 0 aliphatic heterocycles. The van der Waals surface area contributed by atoms with Crippen LogP contribution in [0.15, 0.2) is 24.3 Å². The van der Waals surface area contributed by atoms with Gasteiger partial charge in [0.05, 0.1) is 30.1 Å². The summed E-state index contributed by atoms with van der Waals surface area (Å²) in [6.07, 6.45) is 0.463. The molecule has 0 atom stereocenters. The summed E-state index contributed by atoms with van der Waals surface area (Å²) in [7, 11) is -11.8. The molecule has 46 heavy (non-hydrogen) atoms. The maximum Gasteiger partial charge on any atom is 1.00 e. The van der Waals surface area contributed by atoms with Crippen LogP contribution in [0.5, 0.6) is 0 Å². The minimum absolute atomic E-state index is 0. The zero-order valence-corrected chi connectivity index (χ0v) is 29.3. The first-order chi connectivity index (χ1) is 19.8. The van der Waals surface area contributed by atoms with Gasteiger partial charge in [0, 0.05) is 0 Å². The van der Waals surface area contributed by atoms with Gasteiger partial charge in [0.15, 0.2) is 11.6 Å². The molecule has 2 rings (SSSR count). The summed E-state index contributed by atoms with van der Waals surface area (Å²) in [5, 5.41) is 8.62. The molecule has 0 heterocycles. The molecule has 0 saturated heterocycles. The molecule has 258 valence electrons. The number of halogens is 4. The normalized spacial score (nSPS) is 11.0. The summed E-state index contributed by atoms with van der Waals surface area (Å²) < 4.78 is 134. The number of esters is 1. The average molecular weight is 735 g/mol. The summed E-state index contributed by atoms with van der Waals surface area (Å²) in [5.74, 6) is -10.2. The Labute approximate surface area is 288 Å². The summed E-state index contributed by atoms with van der Waals surface area (Å²) in [5.41, 5.74) is -3.87. The first-order valence-electron chi connectivity index (χ1n) is 12.4. The van der Waals surface area contributed by atoms with E-state index in [1.807, 2.05) is 4.72 Å². The van der Waals surface area contributed by atoms with Crippen LogP contribution in [0.25, 0.3) is 0 Å². The topological polar surface area (TPSA) is 211 Å². The molecule has 2 aromatic carbocycles. The molecule has 0 fully saturated rings. The van der Waals surface area contributed by atoms with Crippen molar-refractivity contribution in [2.45, 2.75) is 47.5 Å². The van der Waals surface area contributed by atoms with Gasteiger partial charge < -0.3 is 15.3 Å². The maximum atomic E-state index is 14.7. The van der Waals surface area contributed by atoms with E-state index >= 15 is 0 Å². The largest absolute Gasteiger partial charge is 1.00 e. The van der Waals surface area contributed by atoms with Crippen LogP contribution >= 0.6 is 0 Å². The van der Waals surface area contributed by atoms with E-state index in [9.17, 15) is 52.4 Å². The molecule has 3 N–H and O–H groups in total. The predicted octanol–water partition coefficient (Wildman–Crippen LogP) is 1.32. The number of hydrogen-bond donors (Lipinski definition) is 2. The minimum Gasteiger partial charge on any atom is -0.870 e. The third-order valence-corrected chi connectivity index (χ3v) is 11.2. The molecule has 0 aliphatic rings. The molecule has 0 radical (unpaired) electrons. The number of hydrogen-bond acceptors (Lipinski definition) is 10. The van der Waals surface area contributed by atoms with Gasteiger partial charge in [-0.15, -0.1) is 0 Å². The summed E-state index contributed by atoms with van der Waals surface area (Å²) in [6.45, 7) is 4.62. The van der Waals surface area contributed by atoms with Crippen molar-refractivity contribution in [3.8, 4) is 0 Å². The molecule has 0 bridgehead atoms. The van der Waals surface area contributed by atoms with Crippen LogP contribution in [0.4, 0.5) is 28.9 Å². The standard InChI is InChI=1S/C14H19F2NO6S2.C10H11F2NO4S.CH4.Na.H2O/c1-4-8-24(19,20)17(25(21,22)9-5-2)11-7-6-10(15)12(13(11)16)14(18)23-3;1-2-5-18(16,17)13-7-4-3-6(11)8(9(7)12)10(14)15;;;/h6-7H,4-5,8-9H2,1-3H3;3-4,13H,2,5H2,1H3,(H,14,15);1H4;;1H2/q;;;+1;/p-1. The second kappa shape index (κ2) is 20.0. The van der Waals surface area contributed by atoms with Gasteiger partial charge in [0.2, 0.25) is 30.1 Å². The van der Waals surface area contributed by atoms with E-state index in [1.165, 1.54) is 13.8 Å². The Balaban J connectivity index is -0.000000788. The molecule has 0 unspecified atom stereocenters. The van der Waals surface area contributed by atoms with Gasteiger partial charge in [-0.1, -0.05) is 28.2 Å². The molecule has 2 aromatic rings. The van der Waals surface area contributed by atoms with Crippen LogP contribution in [0.2, 0.25) is 0 Å². The van der Waals surface area contributed by atoms with Crippen molar-refractivity contribution in [3.63, 3.8) is 0 Å². The smallest absolute Gasteiger partial charge is 0.870 e. The Morgan fingerprint density at radius 1 is 0.783 bits per heavy atom. The average Bonchev–Trinajstić information content (AvgIpc) is 2.87. The van der Waals surface area contributed by atoms with Crippen molar-refractivity contribution < 1.29 is 97.3 Å². The number of ether oxygens (including phenoxy) is 1. The number of nitrogens with zero attached hydrogens (tertiary/aromatic N) is 1. The molecule has 0 aliphatic carbocycles. The van der Waals surface area contributed by atoms with Crippen molar-refractivity contribution in [3.05, 3.63) is 58.7 Å². The Bertz CT molecular complexity index is 1640. The number of benzene rings is 2. The minimum atomic E-state index is -4.46. The van der Waals surface area contributed by atoms with E-state index in [4.69, 9.17) is 5.11 Å².